The summed E-state index contributed by atoms with van der Waals surface area (Å²) in [6.45, 7) is 0.247. The SMILES string of the molecule is COC(=O)c1ccnc(CNC(=O)Cc2ccccn2)c1. The Bertz CT molecular complexity index is 629. The van der Waals surface area contributed by atoms with E-state index < -0.39 is 5.97 Å². The highest BCUT2D eigenvalue weighted by Crippen LogP contribution is 2.03. The number of hydrogen-bond acceptors (Lipinski definition) is 5. The number of amides is 1. The summed E-state index contributed by atoms with van der Waals surface area (Å²) in [6.07, 6.45) is 3.36. The first-order valence-electron chi connectivity index (χ1n) is 6.39. The van der Waals surface area contributed by atoms with Crippen LogP contribution < -0.4 is 5.32 Å². The normalized spacial score (nSPS) is 9.95. The van der Waals surface area contributed by atoms with Gasteiger partial charge in [0.15, 0.2) is 0 Å². The van der Waals surface area contributed by atoms with Crippen LogP contribution in [0.2, 0.25) is 0 Å². The average Bonchev–Trinajstić information content (AvgIpc) is 2.53. The molecule has 1 amide bonds. The number of methoxy groups -OCH3 is 1. The first kappa shape index (κ1) is 14.6. The predicted octanol–water partition coefficient (Wildman–Crippen LogP) is 1.12. The van der Waals surface area contributed by atoms with Crippen LogP contribution in [0.1, 0.15) is 21.7 Å². The Kier molecular flexibility index (Phi) is 4.98. The zero-order valence-electron chi connectivity index (χ0n) is 11.6. The van der Waals surface area contributed by atoms with E-state index in [0.717, 1.165) is 0 Å². The summed E-state index contributed by atoms with van der Waals surface area (Å²) < 4.78 is 4.63. The van der Waals surface area contributed by atoms with Crippen LogP contribution in [0.3, 0.4) is 0 Å². The minimum Gasteiger partial charge on any atom is -0.465 e. The fourth-order valence-corrected chi connectivity index (χ4v) is 1.74. The molecular formula is C15H15N3O3. The number of aromatic nitrogens is 2. The molecule has 6 nitrogen and oxygen atoms in total. The van der Waals surface area contributed by atoms with Crippen LogP contribution in [-0.2, 0) is 22.5 Å². The smallest absolute Gasteiger partial charge is 0.337 e. The van der Waals surface area contributed by atoms with Crippen LogP contribution in [-0.4, -0.2) is 29.0 Å². The molecule has 0 aromatic carbocycles. The molecule has 2 heterocycles. The molecule has 0 aliphatic heterocycles. The van der Waals surface area contributed by atoms with E-state index in [-0.39, 0.29) is 18.9 Å². The number of hydrogen-bond donors (Lipinski definition) is 1. The van der Waals surface area contributed by atoms with Crippen molar-refractivity contribution in [1.29, 1.82) is 0 Å². The van der Waals surface area contributed by atoms with Crippen LogP contribution in [0.4, 0.5) is 0 Å². The number of esters is 1. The monoisotopic (exact) mass is 285 g/mol. The molecule has 2 aromatic heterocycles. The second-order valence-electron chi connectivity index (χ2n) is 4.30. The molecule has 0 bridgehead atoms. The number of rotatable bonds is 5. The van der Waals surface area contributed by atoms with Gasteiger partial charge in [-0.15, -0.1) is 0 Å². The molecule has 0 unspecified atom stereocenters. The molecule has 21 heavy (non-hydrogen) atoms. The molecular weight excluding hydrogens is 270 g/mol. The number of nitrogens with zero attached hydrogens (tertiary/aromatic N) is 2. The van der Waals surface area contributed by atoms with Gasteiger partial charge in [0.05, 0.1) is 31.3 Å². The quantitative estimate of drug-likeness (QED) is 0.833. The van der Waals surface area contributed by atoms with E-state index in [1.807, 2.05) is 6.07 Å². The molecule has 0 spiro atoms. The summed E-state index contributed by atoms with van der Waals surface area (Å²) >= 11 is 0. The van der Waals surface area contributed by atoms with E-state index in [2.05, 4.69) is 20.0 Å². The number of carbonyl (C=O) groups excluding carboxylic acids is 2. The van der Waals surface area contributed by atoms with E-state index >= 15 is 0 Å². The highest BCUT2D eigenvalue weighted by atomic mass is 16.5. The summed E-state index contributed by atoms with van der Waals surface area (Å²) in [7, 11) is 1.32. The van der Waals surface area contributed by atoms with Crippen molar-refractivity contribution in [2.45, 2.75) is 13.0 Å². The van der Waals surface area contributed by atoms with Gasteiger partial charge in [0, 0.05) is 18.1 Å². The van der Waals surface area contributed by atoms with Gasteiger partial charge in [-0.05, 0) is 24.3 Å². The third-order valence-electron chi connectivity index (χ3n) is 2.77. The second kappa shape index (κ2) is 7.14. The first-order valence-corrected chi connectivity index (χ1v) is 6.39. The third kappa shape index (κ3) is 4.38. The Labute approximate surface area is 122 Å². The minimum atomic E-state index is -0.432. The van der Waals surface area contributed by atoms with E-state index in [1.165, 1.54) is 13.3 Å². The van der Waals surface area contributed by atoms with E-state index in [1.54, 1.807) is 30.5 Å². The molecule has 0 atom stereocenters. The van der Waals surface area contributed by atoms with E-state index in [9.17, 15) is 9.59 Å². The lowest BCUT2D eigenvalue weighted by molar-refractivity contribution is -0.120. The molecule has 0 fully saturated rings. The lowest BCUT2D eigenvalue weighted by atomic mass is 10.2. The van der Waals surface area contributed by atoms with Crippen molar-refractivity contribution < 1.29 is 14.3 Å². The summed E-state index contributed by atoms with van der Waals surface area (Å²) in [6, 6.07) is 8.56. The van der Waals surface area contributed by atoms with Crippen LogP contribution in [0.5, 0.6) is 0 Å². The molecule has 0 saturated heterocycles. The van der Waals surface area contributed by atoms with Gasteiger partial charge in [0.25, 0.3) is 0 Å². The lowest BCUT2D eigenvalue weighted by Gasteiger charge is -2.06. The Morgan fingerprint density at radius 1 is 1.14 bits per heavy atom. The van der Waals surface area contributed by atoms with E-state index in [4.69, 9.17) is 0 Å². The largest absolute Gasteiger partial charge is 0.465 e. The number of carbonyl (C=O) groups is 2. The van der Waals surface area contributed by atoms with Gasteiger partial charge < -0.3 is 10.1 Å². The van der Waals surface area contributed by atoms with Gasteiger partial charge >= 0.3 is 5.97 Å². The maximum Gasteiger partial charge on any atom is 0.337 e. The van der Waals surface area contributed by atoms with Crippen molar-refractivity contribution in [2.24, 2.45) is 0 Å². The molecule has 2 aromatic rings. The van der Waals surface area contributed by atoms with Crippen molar-refractivity contribution in [3.8, 4) is 0 Å². The molecule has 0 saturated carbocycles. The number of nitrogens with one attached hydrogen (secondary N) is 1. The fraction of sp³-hybridized carbons (Fsp3) is 0.200. The van der Waals surface area contributed by atoms with Gasteiger partial charge in [-0.25, -0.2) is 4.79 Å². The standard InChI is InChI=1S/C15H15N3O3/c1-21-15(20)11-5-7-17-13(8-11)10-18-14(19)9-12-4-2-3-6-16-12/h2-8H,9-10H2,1H3,(H,18,19). The summed E-state index contributed by atoms with van der Waals surface area (Å²) in [5.74, 6) is -0.586. The Morgan fingerprint density at radius 2 is 1.95 bits per heavy atom. The number of ether oxygens (including phenoxy) is 1. The number of pyridine rings is 2. The molecule has 0 aliphatic rings. The first-order chi connectivity index (χ1) is 10.2. The summed E-state index contributed by atoms with van der Waals surface area (Å²) in [5.41, 5.74) is 1.69. The molecule has 6 heteroatoms. The average molecular weight is 285 g/mol. The van der Waals surface area contributed by atoms with Crippen molar-refractivity contribution in [3.63, 3.8) is 0 Å². The maximum absolute atomic E-state index is 11.8. The van der Waals surface area contributed by atoms with Crippen molar-refractivity contribution in [2.75, 3.05) is 7.11 Å². The highest BCUT2D eigenvalue weighted by Gasteiger charge is 2.08. The summed E-state index contributed by atoms with van der Waals surface area (Å²) in [5, 5.41) is 2.74. The van der Waals surface area contributed by atoms with Gasteiger partial charge in [-0.3, -0.25) is 14.8 Å². The van der Waals surface area contributed by atoms with Gasteiger partial charge in [0.1, 0.15) is 0 Å². The van der Waals surface area contributed by atoms with Gasteiger partial charge in [-0.1, -0.05) is 6.07 Å². The Hall–Kier alpha value is -2.76. The molecule has 2 rings (SSSR count). The van der Waals surface area contributed by atoms with Gasteiger partial charge in [-0.2, -0.15) is 0 Å². The minimum absolute atomic E-state index is 0.154. The van der Waals surface area contributed by atoms with Gasteiger partial charge in [0.2, 0.25) is 5.91 Å². The summed E-state index contributed by atoms with van der Waals surface area (Å²) in [4.78, 5) is 31.4. The Balaban J connectivity index is 1.91. The third-order valence-corrected chi connectivity index (χ3v) is 2.77. The zero-order valence-corrected chi connectivity index (χ0v) is 11.6. The van der Waals surface area contributed by atoms with Crippen LogP contribution >= 0.6 is 0 Å². The highest BCUT2D eigenvalue weighted by molar-refractivity contribution is 5.89. The van der Waals surface area contributed by atoms with Crippen LogP contribution in [0.15, 0.2) is 42.7 Å². The van der Waals surface area contributed by atoms with Crippen LogP contribution in [0.25, 0.3) is 0 Å². The maximum atomic E-state index is 11.8. The van der Waals surface area contributed by atoms with Crippen molar-refractivity contribution in [1.82, 2.24) is 15.3 Å². The zero-order chi connectivity index (χ0) is 15.1. The topological polar surface area (TPSA) is 81.2 Å². The van der Waals surface area contributed by atoms with Crippen molar-refractivity contribution >= 4 is 11.9 Å². The molecule has 0 aliphatic carbocycles. The second-order valence-corrected chi connectivity index (χ2v) is 4.30. The van der Waals surface area contributed by atoms with Crippen molar-refractivity contribution in [3.05, 3.63) is 59.7 Å². The molecule has 0 radical (unpaired) electrons. The van der Waals surface area contributed by atoms with E-state index in [0.29, 0.717) is 17.0 Å². The van der Waals surface area contributed by atoms with Crippen LogP contribution in [0, 0.1) is 0 Å². The molecule has 108 valence electrons. The molecule has 1 N–H and O–H groups in total. The Morgan fingerprint density at radius 3 is 2.67 bits per heavy atom. The lowest BCUT2D eigenvalue weighted by Crippen LogP contribution is -2.25. The predicted molar refractivity (Wildman–Crippen MR) is 75.4 cm³/mol. The fourth-order valence-electron chi connectivity index (χ4n) is 1.74.